The van der Waals surface area contributed by atoms with Gasteiger partial charge in [0.05, 0.1) is 25.9 Å². The van der Waals surface area contributed by atoms with E-state index < -0.39 is 0 Å². The number of aromatic nitrogens is 1. The van der Waals surface area contributed by atoms with Crippen molar-refractivity contribution in [2.75, 3.05) is 44.8 Å². The molecule has 4 rings (SSSR count). The van der Waals surface area contributed by atoms with Crippen LogP contribution >= 0.6 is 11.3 Å². The first-order chi connectivity index (χ1) is 14.7. The maximum atomic E-state index is 12.4. The Bertz CT molecular complexity index is 951. The number of anilines is 1. The van der Waals surface area contributed by atoms with Gasteiger partial charge in [-0.2, -0.15) is 0 Å². The van der Waals surface area contributed by atoms with E-state index in [9.17, 15) is 9.90 Å². The van der Waals surface area contributed by atoms with Gasteiger partial charge in [-0.15, -0.1) is 11.3 Å². The number of fused-ring (bicyclic) bond motifs is 1. The molecule has 1 unspecified atom stereocenters. The predicted molar refractivity (Wildman–Crippen MR) is 120 cm³/mol. The molecule has 7 nitrogen and oxygen atoms in total. The number of thiophene rings is 1. The van der Waals surface area contributed by atoms with Crippen LogP contribution < -0.4 is 10.6 Å². The van der Waals surface area contributed by atoms with Crippen molar-refractivity contribution < 1.29 is 14.6 Å². The molecule has 1 saturated heterocycles. The maximum Gasteiger partial charge on any atom is 0.319 e. The van der Waals surface area contributed by atoms with E-state index in [1.54, 1.807) is 11.3 Å². The highest BCUT2D eigenvalue weighted by Crippen LogP contribution is 2.21. The molecule has 1 aliphatic rings. The lowest BCUT2D eigenvalue weighted by Gasteiger charge is -2.26. The van der Waals surface area contributed by atoms with Crippen LogP contribution in [0.15, 0.2) is 48.0 Å². The van der Waals surface area contributed by atoms with Crippen LogP contribution in [0.3, 0.4) is 0 Å². The Morgan fingerprint density at radius 3 is 2.83 bits per heavy atom. The van der Waals surface area contributed by atoms with Crippen LogP contribution in [0.25, 0.3) is 10.9 Å². The Labute approximate surface area is 180 Å². The van der Waals surface area contributed by atoms with Crippen LogP contribution in [0.2, 0.25) is 0 Å². The van der Waals surface area contributed by atoms with Gasteiger partial charge in [-0.3, -0.25) is 4.90 Å². The summed E-state index contributed by atoms with van der Waals surface area (Å²) in [5.74, 6) is 0. The molecule has 1 aromatic carbocycles. The van der Waals surface area contributed by atoms with Gasteiger partial charge >= 0.3 is 6.03 Å². The van der Waals surface area contributed by atoms with Gasteiger partial charge in [0.1, 0.15) is 0 Å². The van der Waals surface area contributed by atoms with Crippen molar-refractivity contribution in [3.63, 3.8) is 0 Å². The van der Waals surface area contributed by atoms with Gasteiger partial charge in [-0.05, 0) is 35.7 Å². The van der Waals surface area contributed by atoms with E-state index in [0.29, 0.717) is 6.42 Å². The van der Waals surface area contributed by atoms with Crippen molar-refractivity contribution in [1.29, 1.82) is 0 Å². The second kappa shape index (κ2) is 10.1. The number of ether oxygens (including phenoxy) is 1. The van der Waals surface area contributed by atoms with Crippen LogP contribution in [0, 0.1) is 0 Å². The number of nitrogens with one attached hydrogen (secondary N) is 2. The molecule has 1 fully saturated rings. The number of morpholine rings is 1. The summed E-state index contributed by atoms with van der Waals surface area (Å²) in [5.41, 5.74) is 1.89. The first kappa shape index (κ1) is 20.9. The molecule has 3 N–H and O–H groups in total. The van der Waals surface area contributed by atoms with Gasteiger partial charge in [-0.1, -0.05) is 6.07 Å². The third kappa shape index (κ3) is 5.40. The van der Waals surface area contributed by atoms with E-state index in [-0.39, 0.29) is 18.7 Å². The summed E-state index contributed by atoms with van der Waals surface area (Å²) in [4.78, 5) is 15.9. The van der Waals surface area contributed by atoms with Crippen molar-refractivity contribution in [2.45, 2.75) is 19.0 Å². The molecular weight excluding hydrogens is 400 g/mol. The van der Waals surface area contributed by atoms with Crippen molar-refractivity contribution in [1.82, 2.24) is 14.8 Å². The zero-order valence-electron chi connectivity index (χ0n) is 16.9. The fourth-order valence-corrected chi connectivity index (χ4v) is 4.52. The molecule has 3 aromatic rings. The molecule has 2 aromatic heterocycles. The fraction of sp³-hybridized carbons (Fsp3) is 0.409. The smallest absolute Gasteiger partial charge is 0.319 e. The monoisotopic (exact) mass is 428 g/mol. The molecule has 2 amide bonds. The quantitative estimate of drug-likeness (QED) is 0.516. The SMILES string of the molecule is O=C(Nc1ccc2c(ccn2CCN2CCOCC2)c1)NC(CO)Cc1cccs1. The van der Waals surface area contributed by atoms with E-state index in [2.05, 4.69) is 32.4 Å². The Hall–Kier alpha value is -2.39. The van der Waals surface area contributed by atoms with Crippen molar-refractivity contribution in [3.05, 3.63) is 52.9 Å². The number of benzene rings is 1. The van der Waals surface area contributed by atoms with E-state index in [1.165, 1.54) is 0 Å². The standard InChI is InChI=1S/C22H28N4O3S/c27-16-19(15-20-2-1-13-30-20)24-22(28)23-18-3-4-21-17(14-18)5-6-26(21)8-7-25-9-11-29-12-10-25/h1-6,13-14,19,27H,7-12,15-16H2,(H2,23,24,28). The molecule has 0 saturated carbocycles. The van der Waals surface area contributed by atoms with Gasteiger partial charge in [-0.25, -0.2) is 4.79 Å². The lowest BCUT2D eigenvalue weighted by Crippen LogP contribution is -2.41. The minimum Gasteiger partial charge on any atom is -0.394 e. The number of hydrogen-bond acceptors (Lipinski definition) is 5. The lowest BCUT2D eigenvalue weighted by atomic mass is 10.2. The number of hydrogen-bond donors (Lipinski definition) is 3. The molecule has 8 heteroatoms. The van der Waals surface area contributed by atoms with Crippen molar-refractivity contribution in [2.24, 2.45) is 0 Å². The van der Waals surface area contributed by atoms with Crippen LogP contribution in [-0.4, -0.2) is 66.1 Å². The normalized spacial score (nSPS) is 15.9. The zero-order chi connectivity index (χ0) is 20.8. The molecule has 0 spiro atoms. The van der Waals surface area contributed by atoms with E-state index in [0.717, 1.165) is 60.9 Å². The van der Waals surface area contributed by atoms with Crippen LogP contribution in [0.4, 0.5) is 10.5 Å². The number of amides is 2. The number of aliphatic hydroxyl groups excluding tert-OH is 1. The van der Waals surface area contributed by atoms with Crippen molar-refractivity contribution >= 4 is 34.0 Å². The molecular formula is C22H28N4O3S. The molecule has 160 valence electrons. The van der Waals surface area contributed by atoms with Crippen LogP contribution in [0.5, 0.6) is 0 Å². The average Bonchev–Trinajstić information content (AvgIpc) is 3.42. The highest BCUT2D eigenvalue weighted by atomic mass is 32.1. The largest absolute Gasteiger partial charge is 0.394 e. The third-order valence-corrected chi connectivity index (χ3v) is 6.27. The Morgan fingerprint density at radius 1 is 1.20 bits per heavy atom. The highest BCUT2D eigenvalue weighted by Gasteiger charge is 2.14. The van der Waals surface area contributed by atoms with Gasteiger partial charge in [0, 0.05) is 60.3 Å². The Morgan fingerprint density at radius 2 is 2.07 bits per heavy atom. The number of aliphatic hydroxyl groups is 1. The predicted octanol–water partition coefficient (Wildman–Crippen LogP) is 2.76. The van der Waals surface area contributed by atoms with Gasteiger partial charge in [0.15, 0.2) is 0 Å². The second-order valence-electron chi connectivity index (χ2n) is 7.50. The number of rotatable bonds is 8. The third-order valence-electron chi connectivity index (χ3n) is 5.37. The molecule has 0 bridgehead atoms. The van der Waals surface area contributed by atoms with E-state index in [1.807, 2.05) is 35.7 Å². The number of carbonyl (C=O) groups is 1. The fourth-order valence-electron chi connectivity index (χ4n) is 3.73. The summed E-state index contributed by atoms with van der Waals surface area (Å²) >= 11 is 1.62. The topological polar surface area (TPSA) is 78.8 Å². The minimum absolute atomic E-state index is 0.101. The Balaban J connectivity index is 1.33. The number of nitrogens with zero attached hydrogens (tertiary/aromatic N) is 2. The zero-order valence-corrected chi connectivity index (χ0v) is 17.7. The number of carbonyl (C=O) groups excluding carboxylic acids is 1. The Kier molecular flexibility index (Phi) is 7.01. The van der Waals surface area contributed by atoms with Gasteiger partial charge in [0.25, 0.3) is 0 Å². The molecule has 1 atom stereocenters. The lowest BCUT2D eigenvalue weighted by molar-refractivity contribution is 0.0365. The van der Waals surface area contributed by atoms with E-state index in [4.69, 9.17) is 4.74 Å². The molecule has 0 radical (unpaired) electrons. The molecule has 30 heavy (non-hydrogen) atoms. The van der Waals surface area contributed by atoms with Crippen molar-refractivity contribution in [3.8, 4) is 0 Å². The minimum atomic E-state index is -0.311. The van der Waals surface area contributed by atoms with Gasteiger partial charge in [0.2, 0.25) is 0 Å². The summed E-state index contributed by atoms with van der Waals surface area (Å²) in [6.45, 7) is 5.44. The summed E-state index contributed by atoms with van der Waals surface area (Å²) in [6.07, 6.45) is 2.71. The molecule has 0 aliphatic carbocycles. The first-order valence-electron chi connectivity index (χ1n) is 10.3. The second-order valence-corrected chi connectivity index (χ2v) is 8.53. The summed E-state index contributed by atoms with van der Waals surface area (Å²) in [6, 6.07) is 11.4. The highest BCUT2D eigenvalue weighted by molar-refractivity contribution is 7.09. The van der Waals surface area contributed by atoms with Crippen LogP contribution in [0.1, 0.15) is 4.88 Å². The summed E-state index contributed by atoms with van der Waals surface area (Å²) in [5, 5.41) is 18.4. The first-order valence-corrected chi connectivity index (χ1v) is 11.2. The maximum absolute atomic E-state index is 12.4. The summed E-state index contributed by atoms with van der Waals surface area (Å²) in [7, 11) is 0. The van der Waals surface area contributed by atoms with Gasteiger partial charge < -0.3 is 25.0 Å². The molecule has 3 heterocycles. The average molecular weight is 429 g/mol. The molecule has 1 aliphatic heterocycles. The van der Waals surface area contributed by atoms with E-state index >= 15 is 0 Å². The van der Waals surface area contributed by atoms with Crippen LogP contribution in [-0.2, 0) is 17.7 Å². The summed E-state index contributed by atoms with van der Waals surface area (Å²) < 4.78 is 7.65. The number of urea groups is 1.